The highest BCUT2D eigenvalue weighted by Crippen LogP contribution is 2.30. The predicted octanol–water partition coefficient (Wildman–Crippen LogP) is 2.89. The molecule has 0 aliphatic heterocycles. The van der Waals surface area contributed by atoms with E-state index in [0.29, 0.717) is 5.75 Å². The van der Waals surface area contributed by atoms with Gasteiger partial charge in [-0.05, 0) is 26.8 Å². The van der Waals surface area contributed by atoms with E-state index in [1.165, 1.54) is 13.2 Å². The molecule has 17 heavy (non-hydrogen) atoms. The van der Waals surface area contributed by atoms with Crippen molar-refractivity contribution in [2.75, 3.05) is 12.8 Å². The van der Waals surface area contributed by atoms with Crippen LogP contribution in [-0.2, 0) is 4.74 Å². The highest BCUT2D eigenvalue weighted by molar-refractivity contribution is 6.34. The van der Waals surface area contributed by atoms with Gasteiger partial charge >= 0.3 is 5.97 Å². The monoisotopic (exact) mass is 257 g/mol. The fraction of sp³-hybridized carbons (Fsp3) is 0.417. The van der Waals surface area contributed by atoms with Crippen molar-refractivity contribution in [1.82, 2.24) is 0 Å². The molecular formula is C12H16ClNO3. The quantitative estimate of drug-likeness (QED) is 0.654. The molecule has 0 saturated heterocycles. The van der Waals surface area contributed by atoms with Gasteiger partial charge in [0, 0.05) is 6.07 Å². The van der Waals surface area contributed by atoms with Crippen molar-refractivity contribution in [3.8, 4) is 5.75 Å². The predicted molar refractivity (Wildman–Crippen MR) is 67.6 cm³/mol. The Morgan fingerprint density at radius 2 is 1.94 bits per heavy atom. The number of esters is 1. The van der Waals surface area contributed by atoms with E-state index in [1.807, 2.05) is 0 Å². The van der Waals surface area contributed by atoms with Crippen LogP contribution in [-0.4, -0.2) is 18.7 Å². The summed E-state index contributed by atoms with van der Waals surface area (Å²) >= 11 is 5.90. The second-order valence-electron chi connectivity index (χ2n) is 4.57. The number of carbonyl (C=O) groups is 1. The summed E-state index contributed by atoms with van der Waals surface area (Å²) in [4.78, 5) is 11.9. The van der Waals surface area contributed by atoms with Crippen LogP contribution in [0.25, 0.3) is 0 Å². The smallest absolute Gasteiger partial charge is 0.340 e. The Balaban J connectivity index is 3.13. The molecule has 94 valence electrons. The molecule has 0 fully saturated rings. The minimum absolute atomic E-state index is 0.196. The number of nitrogen functional groups attached to an aromatic ring is 1. The number of methoxy groups -OCH3 is 1. The average Bonchev–Trinajstić information content (AvgIpc) is 2.19. The fourth-order valence-corrected chi connectivity index (χ4v) is 1.42. The summed E-state index contributed by atoms with van der Waals surface area (Å²) in [6, 6.07) is 3.06. The molecule has 0 aromatic heterocycles. The van der Waals surface area contributed by atoms with Crippen LogP contribution in [0, 0.1) is 0 Å². The lowest BCUT2D eigenvalue weighted by molar-refractivity contribution is 0.00705. The van der Waals surface area contributed by atoms with Gasteiger partial charge in [-0.25, -0.2) is 4.79 Å². The minimum Gasteiger partial charge on any atom is -0.497 e. The van der Waals surface area contributed by atoms with Gasteiger partial charge < -0.3 is 15.2 Å². The zero-order chi connectivity index (χ0) is 13.2. The fourth-order valence-electron chi connectivity index (χ4n) is 1.21. The SMILES string of the molecule is COc1cc(Cl)c(N)c(C(=O)OC(C)(C)C)c1. The first-order valence-electron chi connectivity index (χ1n) is 5.11. The van der Waals surface area contributed by atoms with Crippen molar-refractivity contribution in [3.63, 3.8) is 0 Å². The molecule has 0 radical (unpaired) electrons. The standard InChI is InChI=1S/C12H16ClNO3/c1-12(2,3)17-11(15)8-5-7(16-4)6-9(13)10(8)14/h5-6H,14H2,1-4H3. The van der Waals surface area contributed by atoms with Crippen LogP contribution in [0.15, 0.2) is 12.1 Å². The van der Waals surface area contributed by atoms with Crippen LogP contribution in [0.2, 0.25) is 5.02 Å². The molecule has 0 aliphatic rings. The van der Waals surface area contributed by atoms with Crippen molar-refractivity contribution in [3.05, 3.63) is 22.7 Å². The molecule has 0 saturated carbocycles. The largest absolute Gasteiger partial charge is 0.497 e. The highest BCUT2D eigenvalue weighted by Gasteiger charge is 2.21. The van der Waals surface area contributed by atoms with Gasteiger partial charge in [0.25, 0.3) is 0 Å². The summed E-state index contributed by atoms with van der Waals surface area (Å²) in [5.74, 6) is -0.0548. The van der Waals surface area contributed by atoms with Gasteiger partial charge in [-0.3, -0.25) is 0 Å². The topological polar surface area (TPSA) is 61.5 Å². The summed E-state index contributed by atoms with van der Waals surface area (Å²) in [5.41, 5.74) is 5.56. The maximum absolute atomic E-state index is 11.9. The van der Waals surface area contributed by atoms with E-state index in [1.54, 1.807) is 26.8 Å². The molecule has 1 aromatic carbocycles. The second-order valence-corrected chi connectivity index (χ2v) is 4.98. The molecule has 1 rings (SSSR count). The van der Waals surface area contributed by atoms with Gasteiger partial charge in [-0.1, -0.05) is 11.6 Å². The third-order valence-electron chi connectivity index (χ3n) is 1.96. The van der Waals surface area contributed by atoms with Crippen molar-refractivity contribution >= 4 is 23.3 Å². The maximum atomic E-state index is 11.9. The van der Waals surface area contributed by atoms with Gasteiger partial charge in [-0.2, -0.15) is 0 Å². The summed E-state index contributed by atoms with van der Waals surface area (Å²) < 4.78 is 10.2. The molecule has 0 unspecified atom stereocenters. The molecule has 0 aliphatic carbocycles. The van der Waals surface area contributed by atoms with Crippen molar-refractivity contribution < 1.29 is 14.3 Å². The van der Waals surface area contributed by atoms with Crippen molar-refractivity contribution in [2.24, 2.45) is 0 Å². The zero-order valence-corrected chi connectivity index (χ0v) is 11.1. The average molecular weight is 258 g/mol. The molecule has 0 bridgehead atoms. The number of hydrogen-bond acceptors (Lipinski definition) is 4. The van der Waals surface area contributed by atoms with E-state index < -0.39 is 11.6 Å². The van der Waals surface area contributed by atoms with E-state index >= 15 is 0 Å². The molecule has 5 heteroatoms. The van der Waals surface area contributed by atoms with Gasteiger partial charge in [0.05, 0.1) is 23.4 Å². The Hall–Kier alpha value is -1.42. The number of anilines is 1. The third kappa shape index (κ3) is 3.53. The minimum atomic E-state index is -0.584. The van der Waals surface area contributed by atoms with Gasteiger partial charge in [-0.15, -0.1) is 0 Å². The Morgan fingerprint density at radius 1 is 1.35 bits per heavy atom. The molecule has 0 amide bonds. The number of ether oxygens (including phenoxy) is 2. The molecule has 4 nitrogen and oxygen atoms in total. The molecule has 0 spiro atoms. The Kier molecular flexibility index (Phi) is 3.88. The highest BCUT2D eigenvalue weighted by atomic mass is 35.5. The first-order chi connectivity index (χ1) is 7.74. The summed E-state index contributed by atoms with van der Waals surface area (Å²) in [6.07, 6.45) is 0. The summed E-state index contributed by atoms with van der Waals surface area (Å²) in [5, 5.41) is 0.269. The lowest BCUT2D eigenvalue weighted by Gasteiger charge is -2.20. The van der Waals surface area contributed by atoms with Gasteiger partial charge in [0.2, 0.25) is 0 Å². The molecule has 2 N–H and O–H groups in total. The van der Waals surface area contributed by atoms with Crippen LogP contribution in [0.5, 0.6) is 5.75 Å². The number of nitrogens with two attached hydrogens (primary N) is 1. The molecular weight excluding hydrogens is 242 g/mol. The van der Waals surface area contributed by atoms with E-state index in [9.17, 15) is 4.79 Å². The van der Waals surface area contributed by atoms with Crippen LogP contribution in [0.3, 0.4) is 0 Å². The maximum Gasteiger partial charge on any atom is 0.340 e. The first-order valence-corrected chi connectivity index (χ1v) is 5.49. The Labute approximate surface area is 106 Å². The van der Waals surface area contributed by atoms with Crippen LogP contribution in [0.4, 0.5) is 5.69 Å². The van der Waals surface area contributed by atoms with Crippen molar-refractivity contribution in [1.29, 1.82) is 0 Å². The van der Waals surface area contributed by atoms with Crippen molar-refractivity contribution in [2.45, 2.75) is 26.4 Å². The van der Waals surface area contributed by atoms with E-state index in [0.717, 1.165) is 0 Å². The van der Waals surface area contributed by atoms with E-state index in [-0.39, 0.29) is 16.3 Å². The number of carbonyl (C=O) groups excluding carboxylic acids is 1. The van der Waals surface area contributed by atoms with Crippen LogP contribution < -0.4 is 10.5 Å². The zero-order valence-electron chi connectivity index (χ0n) is 10.3. The molecule has 0 heterocycles. The second kappa shape index (κ2) is 4.84. The third-order valence-corrected chi connectivity index (χ3v) is 2.27. The first kappa shape index (κ1) is 13.6. The van der Waals surface area contributed by atoms with Gasteiger partial charge in [0.1, 0.15) is 11.4 Å². The number of benzene rings is 1. The molecule has 1 aromatic rings. The van der Waals surface area contributed by atoms with E-state index in [4.69, 9.17) is 26.8 Å². The summed E-state index contributed by atoms with van der Waals surface area (Å²) in [7, 11) is 1.49. The molecule has 0 atom stereocenters. The van der Waals surface area contributed by atoms with Gasteiger partial charge in [0.15, 0.2) is 0 Å². The van der Waals surface area contributed by atoms with E-state index in [2.05, 4.69) is 0 Å². The normalized spacial score (nSPS) is 11.1. The lowest BCUT2D eigenvalue weighted by Crippen LogP contribution is -2.24. The number of hydrogen-bond donors (Lipinski definition) is 1. The van der Waals surface area contributed by atoms with Crippen LogP contribution >= 0.6 is 11.6 Å². The Morgan fingerprint density at radius 3 is 2.41 bits per heavy atom. The Bertz CT molecular complexity index is 438. The number of halogens is 1. The van der Waals surface area contributed by atoms with Crippen LogP contribution in [0.1, 0.15) is 31.1 Å². The lowest BCUT2D eigenvalue weighted by atomic mass is 10.1. The number of rotatable bonds is 2. The summed E-state index contributed by atoms with van der Waals surface area (Å²) in [6.45, 7) is 5.34.